The van der Waals surface area contributed by atoms with E-state index in [2.05, 4.69) is 0 Å². The van der Waals surface area contributed by atoms with Gasteiger partial charge in [0.05, 0.1) is 0 Å². The van der Waals surface area contributed by atoms with Crippen LogP contribution in [-0.2, 0) is 51.3 Å². The van der Waals surface area contributed by atoms with E-state index in [0.29, 0.717) is 25.7 Å². The molecule has 8 heteroatoms. The first-order valence-electron chi connectivity index (χ1n) is 12.2. The third kappa shape index (κ3) is 13.9. The summed E-state index contributed by atoms with van der Waals surface area (Å²) in [5, 5.41) is 0. The predicted octanol–water partition coefficient (Wildman–Crippen LogP) is 4.68. The zero-order chi connectivity index (χ0) is 25.8. The van der Waals surface area contributed by atoms with Gasteiger partial charge in [-0.1, -0.05) is 60.7 Å². The molecule has 194 valence electrons. The first kappa shape index (κ1) is 28.6. The van der Waals surface area contributed by atoms with Gasteiger partial charge in [0, 0.05) is 25.7 Å². The van der Waals surface area contributed by atoms with Gasteiger partial charge in [-0.3, -0.25) is 19.2 Å². The first-order chi connectivity index (χ1) is 17.5. The summed E-state index contributed by atoms with van der Waals surface area (Å²) in [5.74, 6) is -1.41. The highest BCUT2D eigenvalue weighted by atomic mass is 16.6. The van der Waals surface area contributed by atoms with E-state index in [9.17, 15) is 19.2 Å². The van der Waals surface area contributed by atoms with Gasteiger partial charge in [-0.25, -0.2) is 0 Å². The topological polar surface area (TPSA) is 105 Å². The van der Waals surface area contributed by atoms with E-state index >= 15 is 0 Å². The fraction of sp³-hybridized carbons (Fsp3) is 0.429. The van der Waals surface area contributed by atoms with Crippen LogP contribution in [0, 0.1) is 0 Å². The second-order valence-electron chi connectivity index (χ2n) is 8.15. The number of rotatable bonds is 17. The Kier molecular flexibility index (Phi) is 14.0. The van der Waals surface area contributed by atoms with Crippen molar-refractivity contribution in [2.75, 3.05) is 13.2 Å². The van der Waals surface area contributed by atoms with Crippen LogP contribution in [0.1, 0.15) is 62.5 Å². The number of carbonyl (C=O) groups is 4. The van der Waals surface area contributed by atoms with E-state index in [-0.39, 0.29) is 64.0 Å². The molecule has 0 heterocycles. The zero-order valence-corrected chi connectivity index (χ0v) is 20.5. The first-order valence-corrected chi connectivity index (χ1v) is 12.2. The van der Waals surface area contributed by atoms with E-state index in [1.807, 2.05) is 60.7 Å². The van der Waals surface area contributed by atoms with Gasteiger partial charge in [0.2, 0.25) is 0 Å². The Morgan fingerprint density at radius 2 is 0.750 bits per heavy atom. The van der Waals surface area contributed by atoms with Crippen LogP contribution in [0.15, 0.2) is 60.7 Å². The second kappa shape index (κ2) is 17.7. The molecule has 0 aliphatic carbocycles. The lowest BCUT2D eigenvalue weighted by molar-refractivity contribution is -0.152. The van der Waals surface area contributed by atoms with Crippen LogP contribution in [0.5, 0.6) is 0 Å². The van der Waals surface area contributed by atoms with Gasteiger partial charge < -0.3 is 18.9 Å². The molecule has 0 saturated heterocycles. The minimum atomic E-state index is -0.405. The number of unbranched alkanes of at least 4 members (excludes halogenated alkanes) is 2. The Labute approximate surface area is 211 Å². The Morgan fingerprint density at radius 1 is 0.444 bits per heavy atom. The summed E-state index contributed by atoms with van der Waals surface area (Å²) in [7, 11) is 0. The minimum Gasteiger partial charge on any atom is -0.462 e. The SMILES string of the molecule is O=C(CCCCC(=O)OCc1ccccc1)OCCOC(=O)CCCCC(=O)OCc1ccccc1. The summed E-state index contributed by atoms with van der Waals surface area (Å²) in [6, 6.07) is 18.8. The number of benzene rings is 2. The molecule has 0 N–H and O–H groups in total. The quantitative estimate of drug-likeness (QED) is 0.176. The maximum Gasteiger partial charge on any atom is 0.306 e. The summed E-state index contributed by atoms with van der Waals surface area (Å²) in [4.78, 5) is 47.0. The molecule has 2 rings (SSSR count). The van der Waals surface area contributed by atoms with Crippen molar-refractivity contribution in [2.24, 2.45) is 0 Å². The molecule has 0 aliphatic heterocycles. The average molecular weight is 499 g/mol. The molecule has 0 saturated carbocycles. The van der Waals surface area contributed by atoms with Crippen LogP contribution in [0.2, 0.25) is 0 Å². The van der Waals surface area contributed by atoms with Gasteiger partial charge in [0.15, 0.2) is 0 Å². The van der Waals surface area contributed by atoms with E-state index in [1.165, 1.54) is 0 Å². The van der Waals surface area contributed by atoms with Gasteiger partial charge in [0.25, 0.3) is 0 Å². The Bertz CT molecular complexity index is 850. The predicted molar refractivity (Wildman–Crippen MR) is 131 cm³/mol. The van der Waals surface area contributed by atoms with Crippen LogP contribution in [0.4, 0.5) is 0 Å². The van der Waals surface area contributed by atoms with Crippen molar-refractivity contribution in [3.05, 3.63) is 71.8 Å². The lowest BCUT2D eigenvalue weighted by Gasteiger charge is -2.07. The van der Waals surface area contributed by atoms with Crippen LogP contribution < -0.4 is 0 Å². The van der Waals surface area contributed by atoms with Crippen molar-refractivity contribution in [1.29, 1.82) is 0 Å². The van der Waals surface area contributed by atoms with E-state index in [1.54, 1.807) is 0 Å². The van der Waals surface area contributed by atoms with Crippen LogP contribution in [-0.4, -0.2) is 37.1 Å². The van der Waals surface area contributed by atoms with E-state index < -0.39 is 11.9 Å². The molecule has 8 nitrogen and oxygen atoms in total. The van der Waals surface area contributed by atoms with Crippen molar-refractivity contribution in [3.63, 3.8) is 0 Å². The molecule has 2 aromatic carbocycles. The number of carbonyl (C=O) groups excluding carboxylic acids is 4. The molecule has 0 atom stereocenters. The second-order valence-corrected chi connectivity index (χ2v) is 8.15. The van der Waals surface area contributed by atoms with Gasteiger partial charge in [0.1, 0.15) is 26.4 Å². The van der Waals surface area contributed by atoms with E-state index in [0.717, 1.165) is 11.1 Å². The highest BCUT2D eigenvalue weighted by molar-refractivity contribution is 5.71. The van der Waals surface area contributed by atoms with Gasteiger partial charge >= 0.3 is 23.9 Å². The number of esters is 4. The molecule has 0 radical (unpaired) electrons. The number of ether oxygens (including phenoxy) is 4. The van der Waals surface area contributed by atoms with Crippen molar-refractivity contribution < 1.29 is 38.1 Å². The van der Waals surface area contributed by atoms with Gasteiger partial charge in [-0.05, 0) is 36.8 Å². The molecule has 0 spiro atoms. The largest absolute Gasteiger partial charge is 0.462 e. The maximum atomic E-state index is 11.7. The molecule has 0 fully saturated rings. The van der Waals surface area contributed by atoms with Gasteiger partial charge in [-0.2, -0.15) is 0 Å². The van der Waals surface area contributed by atoms with Crippen LogP contribution in [0.3, 0.4) is 0 Å². The fourth-order valence-electron chi connectivity index (χ4n) is 3.15. The third-order valence-electron chi connectivity index (χ3n) is 5.12. The van der Waals surface area contributed by atoms with Gasteiger partial charge in [-0.15, -0.1) is 0 Å². The molecule has 0 bridgehead atoms. The monoisotopic (exact) mass is 498 g/mol. The minimum absolute atomic E-state index is 0.0184. The van der Waals surface area contributed by atoms with E-state index in [4.69, 9.17) is 18.9 Å². The summed E-state index contributed by atoms with van der Waals surface area (Å²) < 4.78 is 20.4. The molecule has 0 aliphatic rings. The molecule has 36 heavy (non-hydrogen) atoms. The lowest BCUT2D eigenvalue weighted by Crippen LogP contribution is -2.14. The fourth-order valence-corrected chi connectivity index (χ4v) is 3.15. The average Bonchev–Trinajstić information content (AvgIpc) is 2.90. The summed E-state index contributed by atoms with van der Waals surface area (Å²) in [6.45, 7) is 0.439. The van der Waals surface area contributed by atoms with Crippen molar-refractivity contribution in [1.82, 2.24) is 0 Å². The molecule has 0 aromatic heterocycles. The Hall–Kier alpha value is -3.68. The summed E-state index contributed by atoms with van der Waals surface area (Å²) in [6.07, 6.45) is 2.90. The molecular formula is C28H34O8. The zero-order valence-electron chi connectivity index (χ0n) is 20.5. The highest BCUT2D eigenvalue weighted by Gasteiger charge is 2.09. The number of hydrogen-bond acceptors (Lipinski definition) is 8. The smallest absolute Gasteiger partial charge is 0.306 e. The normalized spacial score (nSPS) is 10.3. The van der Waals surface area contributed by atoms with Crippen molar-refractivity contribution in [3.8, 4) is 0 Å². The highest BCUT2D eigenvalue weighted by Crippen LogP contribution is 2.07. The third-order valence-corrected chi connectivity index (χ3v) is 5.12. The van der Waals surface area contributed by atoms with Crippen molar-refractivity contribution >= 4 is 23.9 Å². The molecule has 0 amide bonds. The molecule has 2 aromatic rings. The number of hydrogen-bond donors (Lipinski definition) is 0. The van der Waals surface area contributed by atoms with Crippen LogP contribution >= 0.6 is 0 Å². The Balaban J connectivity index is 1.38. The van der Waals surface area contributed by atoms with Crippen LogP contribution in [0.25, 0.3) is 0 Å². The maximum absolute atomic E-state index is 11.7. The standard InChI is InChI=1S/C28H34O8/c29-25(15-7-9-17-27(31)35-21-23-11-3-1-4-12-23)33-19-20-34-26(30)16-8-10-18-28(32)36-22-24-13-5-2-6-14-24/h1-6,11-14H,7-10,15-22H2. The summed E-state index contributed by atoms with van der Waals surface area (Å²) >= 11 is 0. The molecule has 0 unspecified atom stereocenters. The lowest BCUT2D eigenvalue weighted by atomic mass is 10.2. The Morgan fingerprint density at radius 3 is 1.08 bits per heavy atom. The van der Waals surface area contributed by atoms with Crippen molar-refractivity contribution in [2.45, 2.75) is 64.6 Å². The molecular weight excluding hydrogens is 464 g/mol. The summed E-state index contributed by atoms with van der Waals surface area (Å²) in [5.41, 5.74) is 1.85.